The van der Waals surface area contributed by atoms with Crippen LogP contribution in [-0.4, -0.2) is 17.4 Å². The predicted octanol–water partition coefficient (Wildman–Crippen LogP) is 4.39. The van der Waals surface area contributed by atoms with Crippen LogP contribution in [0.3, 0.4) is 0 Å². The second kappa shape index (κ2) is 7.44. The van der Waals surface area contributed by atoms with E-state index in [-0.39, 0.29) is 11.9 Å². The first-order chi connectivity index (χ1) is 12.8. The third-order valence-electron chi connectivity index (χ3n) is 4.80. The number of benzene rings is 3. The van der Waals surface area contributed by atoms with Gasteiger partial charge in [-0.25, -0.2) is 0 Å². The van der Waals surface area contributed by atoms with E-state index < -0.39 is 0 Å². The molecule has 1 unspecified atom stereocenters. The van der Waals surface area contributed by atoms with Gasteiger partial charge in [-0.2, -0.15) is 0 Å². The van der Waals surface area contributed by atoms with E-state index >= 15 is 0 Å². The van der Waals surface area contributed by atoms with Crippen LogP contribution in [0.1, 0.15) is 22.7 Å². The second-order valence-electron chi connectivity index (χ2n) is 6.52. The lowest BCUT2D eigenvalue weighted by Gasteiger charge is -2.37. The summed E-state index contributed by atoms with van der Waals surface area (Å²) in [6.07, 6.45) is 0.449. The molecule has 0 saturated heterocycles. The van der Waals surface area contributed by atoms with E-state index in [0.29, 0.717) is 19.6 Å². The lowest BCUT2D eigenvalue weighted by Crippen LogP contribution is -2.42. The number of amides is 1. The zero-order chi connectivity index (χ0) is 17.8. The Kier molecular flexibility index (Phi) is 4.69. The number of ether oxygens (including phenoxy) is 1. The monoisotopic (exact) mass is 343 g/mol. The molecule has 1 atom stereocenters. The quantitative estimate of drug-likeness (QED) is 0.687. The summed E-state index contributed by atoms with van der Waals surface area (Å²) < 4.78 is 6.02. The van der Waals surface area contributed by atoms with Crippen molar-refractivity contribution in [3.8, 4) is 5.75 Å². The molecule has 0 spiro atoms. The van der Waals surface area contributed by atoms with Gasteiger partial charge < -0.3 is 9.64 Å². The number of rotatable bonds is 5. The van der Waals surface area contributed by atoms with Crippen molar-refractivity contribution in [2.24, 2.45) is 0 Å². The molecule has 0 saturated carbocycles. The highest BCUT2D eigenvalue weighted by Crippen LogP contribution is 2.32. The molecule has 3 aromatic carbocycles. The number of carbonyl (C=O) groups is 1. The predicted molar refractivity (Wildman–Crippen MR) is 102 cm³/mol. The number of fused-ring (bicyclic) bond motifs is 1. The van der Waals surface area contributed by atoms with Crippen molar-refractivity contribution in [1.82, 2.24) is 4.90 Å². The standard InChI is InChI=1S/C23H21NO2/c25-23-15-19-11-7-8-14-21(19)22(17-26-20-12-5-2-6-13-20)24(23)16-18-9-3-1-4-10-18/h1-14,22H,15-17H2. The molecule has 130 valence electrons. The molecule has 1 amide bonds. The van der Waals surface area contributed by atoms with Gasteiger partial charge in [-0.05, 0) is 28.8 Å². The summed E-state index contributed by atoms with van der Waals surface area (Å²) in [7, 11) is 0. The second-order valence-corrected chi connectivity index (χ2v) is 6.52. The summed E-state index contributed by atoms with van der Waals surface area (Å²) in [4.78, 5) is 14.8. The summed E-state index contributed by atoms with van der Waals surface area (Å²) >= 11 is 0. The number of carbonyl (C=O) groups excluding carboxylic acids is 1. The summed E-state index contributed by atoms with van der Waals surface area (Å²) in [6.45, 7) is 1.04. The first-order valence-electron chi connectivity index (χ1n) is 8.90. The van der Waals surface area contributed by atoms with Gasteiger partial charge in [0.1, 0.15) is 12.4 Å². The van der Waals surface area contributed by atoms with Crippen LogP contribution in [0.2, 0.25) is 0 Å². The Morgan fingerprint density at radius 3 is 2.27 bits per heavy atom. The van der Waals surface area contributed by atoms with Gasteiger partial charge in [0.25, 0.3) is 0 Å². The lowest BCUT2D eigenvalue weighted by molar-refractivity contribution is -0.135. The van der Waals surface area contributed by atoms with Crippen LogP contribution in [0.25, 0.3) is 0 Å². The maximum absolute atomic E-state index is 12.9. The van der Waals surface area contributed by atoms with Crippen molar-refractivity contribution < 1.29 is 9.53 Å². The molecule has 0 N–H and O–H groups in total. The Hall–Kier alpha value is -3.07. The minimum Gasteiger partial charge on any atom is -0.491 e. The van der Waals surface area contributed by atoms with Crippen LogP contribution < -0.4 is 4.74 Å². The maximum atomic E-state index is 12.9. The molecule has 1 aliphatic rings. The van der Waals surface area contributed by atoms with Crippen molar-refractivity contribution in [1.29, 1.82) is 0 Å². The van der Waals surface area contributed by atoms with Crippen molar-refractivity contribution >= 4 is 5.91 Å². The maximum Gasteiger partial charge on any atom is 0.227 e. The first-order valence-corrected chi connectivity index (χ1v) is 8.90. The Labute approximate surface area is 153 Å². The summed E-state index contributed by atoms with van der Waals surface area (Å²) in [5.41, 5.74) is 3.41. The van der Waals surface area contributed by atoms with Crippen LogP contribution in [0, 0.1) is 0 Å². The number of hydrogen-bond donors (Lipinski definition) is 0. The third kappa shape index (κ3) is 3.47. The fourth-order valence-corrected chi connectivity index (χ4v) is 3.48. The van der Waals surface area contributed by atoms with E-state index in [2.05, 4.69) is 18.2 Å². The van der Waals surface area contributed by atoms with Crippen LogP contribution in [0.5, 0.6) is 5.75 Å². The summed E-state index contributed by atoms with van der Waals surface area (Å²) in [5.74, 6) is 0.969. The lowest BCUT2D eigenvalue weighted by atomic mass is 9.92. The van der Waals surface area contributed by atoms with Crippen molar-refractivity contribution in [3.63, 3.8) is 0 Å². The Balaban J connectivity index is 1.63. The minimum absolute atomic E-state index is 0.0899. The average Bonchev–Trinajstić information content (AvgIpc) is 2.69. The first kappa shape index (κ1) is 16.4. The molecule has 0 radical (unpaired) electrons. The minimum atomic E-state index is -0.0899. The largest absolute Gasteiger partial charge is 0.491 e. The van der Waals surface area contributed by atoms with Gasteiger partial charge in [0, 0.05) is 6.54 Å². The molecule has 1 aliphatic heterocycles. The fraction of sp³-hybridized carbons (Fsp3) is 0.174. The van der Waals surface area contributed by atoms with Crippen molar-refractivity contribution in [2.75, 3.05) is 6.61 Å². The fourth-order valence-electron chi connectivity index (χ4n) is 3.48. The Morgan fingerprint density at radius 2 is 1.50 bits per heavy atom. The average molecular weight is 343 g/mol. The van der Waals surface area contributed by atoms with Gasteiger partial charge in [-0.1, -0.05) is 72.8 Å². The van der Waals surface area contributed by atoms with Gasteiger partial charge in [0.2, 0.25) is 5.91 Å². The Morgan fingerprint density at radius 1 is 0.846 bits per heavy atom. The van der Waals surface area contributed by atoms with E-state index in [4.69, 9.17) is 4.74 Å². The molecule has 0 fully saturated rings. The number of para-hydroxylation sites is 1. The van der Waals surface area contributed by atoms with Crippen LogP contribution in [0.15, 0.2) is 84.9 Å². The molecule has 0 aromatic heterocycles. The molecular weight excluding hydrogens is 322 g/mol. The van der Waals surface area contributed by atoms with E-state index in [1.807, 2.05) is 71.6 Å². The van der Waals surface area contributed by atoms with Gasteiger partial charge in [0.15, 0.2) is 0 Å². The normalized spacial score (nSPS) is 16.2. The topological polar surface area (TPSA) is 29.5 Å². The highest BCUT2D eigenvalue weighted by atomic mass is 16.5. The third-order valence-corrected chi connectivity index (χ3v) is 4.80. The Bertz CT molecular complexity index is 877. The van der Waals surface area contributed by atoms with Crippen molar-refractivity contribution in [2.45, 2.75) is 19.0 Å². The zero-order valence-corrected chi connectivity index (χ0v) is 14.5. The van der Waals surface area contributed by atoms with E-state index in [0.717, 1.165) is 16.9 Å². The number of hydrogen-bond acceptors (Lipinski definition) is 2. The highest BCUT2D eigenvalue weighted by molar-refractivity contribution is 5.81. The van der Waals surface area contributed by atoms with Crippen LogP contribution in [0.4, 0.5) is 0 Å². The number of nitrogens with zero attached hydrogens (tertiary/aromatic N) is 1. The molecule has 26 heavy (non-hydrogen) atoms. The van der Waals surface area contributed by atoms with Gasteiger partial charge >= 0.3 is 0 Å². The molecule has 4 rings (SSSR count). The zero-order valence-electron chi connectivity index (χ0n) is 14.5. The molecule has 1 heterocycles. The smallest absolute Gasteiger partial charge is 0.227 e. The molecule has 0 aliphatic carbocycles. The van der Waals surface area contributed by atoms with Crippen LogP contribution >= 0.6 is 0 Å². The van der Waals surface area contributed by atoms with E-state index in [9.17, 15) is 4.79 Å². The van der Waals surface area contributed by atoms with Crippen molar-refractivity contribution in [3.05, 3.63) is 102 Å². The molecule has 3 nitrogen and oxygen atoms in total. The molecule has 3 heteroatoms. The molecule has 0 bridgehead atoms. The van der Waals surface area contributed by atoms with E-state index in [1.165, 1.54) is 5.56 Å². The summed E-state index contributed by atoms with van der Waals surface area (Å²) in [5, 5.41) is 0. The van der Waals surface area contributed by atoms with E-state index in [1.54, 1.807) is 0 Å². The molecular formula is C23H21NO2. The van der Waals surface area contributed by atoms with Gasteiger partial charge in [-0.15, -0.1) is 0 Å². The SMILES string of the molecule is O=C1Cc2ccccc2C(COc2ccccc2)N1Cc1ccccc1. The summed E-state index contributed by atoms with van der Waals surface area (Å²) in [6, 6.07) is 28.0. The van der Waals surface area contributed by atoms with Crippen LogP contribution in [-0.2, 0) is 17.8 Å². The molecule has 3 aromatic rings. The van der Waals surface area contributed by atoms with Gasteiger partial charge in [0.05, 0.1) is 12.5 Å². The highest BCUT2D eigenvalue weighted by Gasteiger charge is 2.32. The van der Waals surface area contributed by atoms with Gasteiger partial charge in [-0.3, -0.25) is 4.79 Å².